The predicted molar refractivity (Wildman–Crippen MR) is 64.7 cm³/mol. The van der Waals surface area contributed by atoms with Gasteiger partial charge in [0.1, 0.15) is 5.76 Å². The third kappa shape index (κ3) is 3.00. The number of rotatable bonds is 4. The summed E-state index contributed by atoms with van der Waals surface area (Å²) in [4.78, 5) is 13.6. The Morgan fingerprint density at radius 2 is 2.29 bits per heavy atom. The fourth-order valence-corrected chi connectivity index (χ4v) is 2.22. The number of hydrogen-bond acceptors (Lipinski definition) is 3. The summed E-state index contributed by atoms with van der Waals surface area (Å²) in [6.45, 7) is 2.72. The van der Waals surface area contributed by atoms with E-state index in [0.717, 1.165) is 18.8 Å². The zero-order chi connectivity index (χ0) is 12.1. The lowest BCUT2D eigenvalue weighted by atomic mass is 10.2. The van der Waals surface area contributed by atoms with Crippen molar-refractivity contribution in [3.8, 4) is 0 Å². The summed E-state index contributed by atoms with van der Waals surface area (Å²) < 4.78 is 5.46. The van der Waals surface area contributed by atoms with Crippen molar-refractivity contribution in [1.82, 2.24) is 15.5 Å². The Balaban J connectivity index is 1.99. The fraction of sp³-hybridized carbons (Fsp3) is 0.583. The lowest BCUT2D eigenvalue weighted by Gasteiger charge is -2.25. The molecule has 1 aliphatic rings. The van der Waals surface area contributed by atoms with Gasteiger partial charge in [-0.1, -0.05) is 0 Å². The van der Waals surface area contributed by atoms with Crippen LogP contribution >= 0.6 is 0 Å². The topological polar surface area (TPSA) is 57.5 Å². The smallest absolute Gasteiger partial charge is 0.314 e. The zero-order valence-electron chi connectivity index (χ0n) is 10.1. The monoisotopic (exact) mass is 237 g/mol. The minimum absolute atomic E-state index is 0.143. The van der Waals surface area contributed by atoms with Crippen molar-refractivity contribution < 1.29 is 9.21 Å². The minimum Gasteiger partial charge on any atom is -0.468 e. The maximum absolute atomic E-state index is 11.2. The summed E-state index contributed by atoms with van der Waals surface area (Å²) in [6.07, 6.45) is 4.12. The van der Waals surface area contributed by atoms with Gasteiger partial charge >= 0.3 is 6.03 Å². The highest BCUT2D eigenvalue weighted by Crippen LogP contribution is 2.24. The summed E-state index contributed by atoms with van der Waals surface area (Å²) >= 11 is 0. The minimum atomic E-state index is -0.152. The molecule has 0 aromatic carbocycles. The maximum atomic E-state index is 11.2. The Bertz CT molecular complexity index is 345. The third-order valence-electron chi connectivity index (χ3n) is 3.14. The molecule has 0 bridgehead atoms. The molecule has 1 saturated heterocycles. The summed E-state index contributed by atoms with van der Waals surface area (Å²) in [5.41, 5.74) is 0. The summed E-state index contributed by atoms with van der Waals surface area (Å²) in [5, 5.41) is 5.40. The van der Waals surface area contributed by atoms with Gasteiger partial charge in [0.15, 0.2) is 0 Å². The van der Waals surface area contributed by atoms with Gasteiger partial charge in [-0.25, -0.2) is 4.79 Å². The van der Waals surface area contributed by atoms with E-state index in [1.165, 1.54) is 12.8 Å². The van der Waals surface area contributed by atoms with Crippen LogP contribution in [0.5, 0.6) is 0 Å². The Labute approximate surface area is 101 Å². The highest BCUT2D eigenvalue weighted by atomic mass is 16.3. The molecule has 0 aliphatic carbocycles. The molecule has 2 heterocycles. The SMILES string of the molecule is CNC(=O)NC[C@@H](c1ccco1)N1CCCC1. The first kappa shape index (κ1) is 12.0. The summed E-state index contributed by atoms with van der Waals surface area (Å²) in [5.74, 6) is 0.920. The van der Waals surface area contributed by atoms with Gasteiger partial charge in [-0.2, -0.15) is 0 Å². The van der Waals surface area contributed by atoms with Gasteiger partial charge in [0.05, 0.1) is 12.3 Å². The predicted octanol–water partition coefficient (Wildman–Crippen LogP) is 1.35. The van der Waals surface area contributed by atoms with Crippen LogP contribution < -0.4 is 10.6 Å². The molecule has 0 spiro atoms. The number of amides is 2. The van der Waals surface area contributed by atoms with Gasteiger partial charge in [-0.15, -0.1) is 0 Å². The quantitative estimate of drug-likeness (QED) is 0.831. The molecule has 0 radical (unpaired) electrons. The lowest BCUT2D eigenvalue weighted by Crippen LogP contribution is -2.40. The van der Waals surface area contributed by atoms with Crippen molar-refractivity contribution >= 4 is 6.03 Å². The normalized spacial score (nSPS) is 17.9. The molecular formula is C12H19N3O2. The van der Waals surface area contributed by atoms with Gasteiger partial charge in [-0.05, 0) is 38.1 Å². The number of nitrogens with one attached hydrogen (secondary N) is 2. The second kappa shape index (κ2) is 5.72. The molecule has 94 valence electrons. The fourth-order valence-electron chi connectivity index (χ4n) is 2.22. The van der Waals surface area contributed by atoms with Crippen LogP contribution in [0.15, 0.2) is 22.8 Å². The van der Waals surface area contributed by atoms with E-state index in [0.29, 0.717) is 6.54 Å². The van der Waals surface area contributed by atoms with E-state index >= 15 is 0 Å². The van der Waals surface area contributed by atoms with Crippen LogP contribution in [-0.4, -0.2) is 37.6 Å². The van der Waals surface area contributed by atoms with E-state index in [-0.39, 0.29) is 12.1 Å². The van der Waals surface area contributed by atoms with E-state index in [4.69, 9.17) is 4.42 Å². The molecule has 17 heavy (non-hydrogen) atoms. The van der Waals surface area contributed by atoms with Gasteiger partial charge in [0, 0.05) is 13.6 Å². The van der Waals surface area contributed by atoms with Crippen molar-refractivity contribution in [2.24, 2.45) is 0 Å². The number of carbonyl (C=O) groups excluding carboxylic acids is 1. The van der Waals surface area contributed by atoms with Crippen LogP contribution in [0.3, 0.4) is 0 Å². The molecule has 1 aliphatic heterocycles. The molecule has 2 rings (SSSR count). The average molecular weight is 237 g/mol. The first-order chi connectivity index (χ1) is 8.31. The number of urea groups is 1. The second-order valence-electron chi connectivity index (χ2n) is 4.23. The van der Waals surface area contributed by atoms with Crippen molar-refractivity contribution in [3.05, 3.63) is 24.2 Å². The third-order valence-corrected chi connectivity index (χ3v) is 3.14. The van der Waals surface area contributed by atoms with E-state index in [9.17, 15) is 4.79 Å². The molecule has 1 atom stereocenters. The Morgan fingerprint density at radius 1 is 1.53 bits per heavy atom. The standard InChI is InChI=1S/C12H19N3O2/c1-13-12(16)14-9-10(11-5-4-8-17-11)15-6-2-3-7-15/h4-5,8,10H,2-3,6-7,9H2,1H3,(H2,13,14,16)/t10-/m0/s1. The molecule has 2 amide bonds. The highest BCUT2D eigenvalue weighted by molar-refractivity contribution is 5.73. The van der Waals surface area contributed by atoms with Gasteiger partial charge in [-0.3, -0.25) is 4.90 Å². The first-order valence-corrected chi connectivity index (χ1v) is 6.04. The number of nitrogens with zero attached hydrogens (tertiary/aromatic N) is 1. The molecular weight excluding hydrogens is 218 g/mol. The molecule has 1 aromatic heterocycles. The van der Waals surface area contributed by atoms with Gasteiger partial charge in [0.2, 0.25) is 0 Å². The molecule has 5 nitrogen and oxygen atoms in total. The summed E-state index contributed by atoms with van der Waals surface area (Å²) in [6, 6.07) is 3.85. The van der Waals surface area contributed by atoms with Crippen LogP contribution in [-0.2, 0) is 0 Å². The molecule has 2 N–H and O–H groups in total. The molecule has 1 fully saturated rings. The summed E-state index contributed by atoms with van der Waals surface area (Å²) in [7, 11) is 1.62. The van der Waals surface area contributed by atoms with E-state index in [1.54, 1.807) is 13.3 Å². The lowest BCUT2D eigenvalue weighted by molar-refractivity contribution is 0.204. The van der Waals surface area contributed by atoms with Crippen molar-refractivity contribution in [2.45, 2.75) is 18.9 Å². The van der Waals surface area contributed by atoms with Crippen LogP contribution in [0.1, 0.15) is 24.6 Å². The Morgan fingerprint density at radius 3 is 2.88 bits per heavy atom. The van der Waals surface area contributed by atoms with Crippen LogP contribution in [0.4, 0.5) is 4.79 Å². The van der Waals surface area contributed by atoms with E-state index in [2.05, 4.69) is 15.5 Å². The molecule has 0 unspecified atom stereocenters. The van der Waals surface area contributed by atoms with Gasteiger partial charge in [0.25, 0.3) is 0 Å². The van der Waals surface area contributed by atoms with Crippen LogP contribution in [0.25, 0.3) is 0 Å². The molecule has 1 aromatic rings. The van der Waals surface area contributed by atoms with Crippen molar-refractivity contribution in [3.63, 3.8) is 0 Å². The van der Waals surface area contributed by atoms with E-state index < -0.39 is 0 Å². The number of furan rings is 1. The Hall–Kier alpha value is -1.49. The number of carbonyl (C=O) groups is 1. The van der Waals surface area contributed by atoms with Crippen molar-refractivity contribution in [2.75, 3.05) is 26.7 Å². The largest absolute Gasteiger partial charge is 0.468 e. The first-order valence-electron chi connectivity index (χ1n) is 6.04. The second-order valence-corrected chi connectivity index (χ2v) is 4.23. The maximum Gasteiger partial charge on any atom is 0.314 e. The molecule has 0 saturated carbocycles. The van der Waals surface area contributed by atoms with Crippen molar-refractivity contribution in [1.29, 1.82) is 0 Å². The van der Waals surface area contributed by atoms with Gasteiger partial charge < -0.3 is 15.1 Å². The van der Waals surface area contributed by atoms with Crippen LogP contribution in [0, 0.1) is 0 Å². The van der Waals surface area contributed by atoms with Crippen LogP contribution in [0.2, 0.25) is 0 Å². The average Bonchev–Trinajstić information content (AvgIpc) is 3.01. The molecule has 5 heteroatoms. The number of hydrogen-bond donors (Lipinski definition) is 2. The highest BCUT2D eigenvalue weighted by Gasteiger charge is 2.25. The van der Waals surface area contributed by atoms with E-state index in [1.807, 2.05) is 12.1 Å². The Kier molecular flexibility index (Phi) is 4.03. The zero-order valence-corrected chi connectivity index (χ0v) is 10.1. The number of likely N-dealkylation sites (tertiary alicyclic amines) is 1.